The fourth-order valence-electron chi connectivity index (χ4n) is 1.76. The van der Waals surface area contributed by atoms with Crippen LogP contribution in [0.15, 0.2) is 24.3 Å². The number of likely N-dealkylation sites (N-methyl/N-ethyl adjacent to an activating group) is 1. The normalized spacial score (nSPS) is 12.0. The van der Waals surface area contributed by atoms with Crippen molar-refractivity contribution in [3.8, 4) is 5.75 Å². The van der Waals surface area contributed by atoms with Crippen LogP contribution < -0.4 is 10.5 Å². The topological polar surface area (TPSA) is 55.6 Å². The van der Waals surface area contributed by atoms with Gasteiger partial charge in [-0.2, -0.15) is 0 Å². The van der Waals surface area contributed by atoms with Crippen molar-refractivity contribution in [1.29, 1.82) is 0 Å². The molecule has 1 aromatic carbocycles. The summed E-state index contributed by atoms with van der Waals surface area (Å²) in [6.07, 6.45) is 2.12. The molecule has 0 spiro atoms. The number of carbonyl (C=O) groups is 1. The molecule has 0 aliphatic carbocycles. The fourth-order valence-corrected chi connectivity index (χ4v) is 1.76. The van der Waals surface area contributed by atoms with Crippen LogP contribution >= 0.6 is 0 Å². The molecule has 0 fully saturated rings. The first kappa shape index (κ1) is 15.5. The lowest BCUT2D eigenvalue weighted by Crippen LogP contribution is -2.30. The van der Waals surface area contributed by atoms with Gasteiger partial charge in [0.1, 0.15) is 5.75 Å². The fraction of sp³-hybridized carbons (Fsp3) is 0.533. The number of methoxy groups -OCH3 is 1. The van der Waals surface area contributed by atoms with Gasteiger partial charge in [0.05, 0.1) is 7.11 Å². The number of ether oxygens (including phenoxy) is 1. The van der Waals surface area contributed by atoms with Gasteiger partial charge in [0.15, 0.2) is 0 Å². The molecule has 2 N–H and O–H groups in total. The Kier molecular flexibility index (Phi) is 6.36. The molecule has 1 atom stereocenters. The molecule has 0 aromatic heterocycles. The largest absolute Gasteiger partial charge is 0.497 e. The van der Waals surface area contributed by atoms with E-state index < -0.39 is 0 Å². The van der Waals surface area contributed by atoms with E-state index in [-0.39, 0.29) is 11.9 Å². The Morgan fingerprint density at radius 2 is 2.00 bits per heavy atom. The molecule has 0 aliphatic heterocycles. The molecule has 1 unspecified atom stereocenters. The number of benzene rings is 1. The van der Waals surface area contributed by atoms with Gasteiger partial charge in [0.25, 0.3) is 0 Å². The Morgan fingerprint density at radius 1 is 1.37 bits per heavy atom. The standard InChI is InChI=1S/C15H24N2O2/c1-12(16)4-9-15(18)17(2)11-10-13-5-7-14(19-3)8-6-13/h5-8,12H,4,9-11,16H2,1-3H3. The summed E-state index contributed by atoms with van der Waals surface area (Å²) < 4.78 is 5.11. The van der Waals surface area contributed by atoms with Crippen LogP contribution in [0.3, 0.4) is 0 Å². The van der Waals surface area contributed by atoms with Gasteiger partial charge >= 0.3 is 0 Å². The molecule has 4 heteroatoms. The van der Waals surface area contributed by atoms with Crippen LogP contribution in [0.5, 0.6) is 5.75 Å². The van der Waals surface area contributed by atoms with Crippen LogP contribution in [-0.2, 0) is 11.2 Å². The number of carbonyl (C=O) groups excluding carboxylic acids is 1. The van der Waals surface area contributed by atoms with E-state index in [0.29, 0.717) is 6.42 Å². The Balaban J connectivity index is 2.36. The Morgan fingerprint density at radius 3 is 2.53 bits per heavy atom. The van der Waals surface area contributed by atoms with Gasteiger partial charge in [-0.05, 0) is 37.5 Å². The zero-order chi connectivity index (χ0) is 14.3. The van der Waals surface area contributed by atoms with Gasteiger partial charge in [-0.25, -0.2) is 0 Å². The van der Waals surface area contributed by atoms with Crippen molar-refractivity contribution in [2.75, 3.05) is 20.7 Å². The molecule has 0 heterocycles. The van der Waals surface area contributed by atoms with Crippen molar-refractivity contribution in [2.24, 2.45) is 5.73 Å². The minimum Gasteiger partial charge on any atom is -0.497 e. The number of hydrogen-bond donors (Lipinski definition) is 1. The average molecular weight is 264 g/mol. The van der Waals surface area contributed by atoms with Crippen molar-refractivity contribution < 1.29 is 9.53 Å². The van der Waals surface area contributed by atoms with Gasteiger partial charge in [0.2, 0.25) is 5.91 Å². The van der Waals surface area contributed by atoms with E-state index >= 15 is 0 Å². The molecular weight excluding hydrogens is 240 g/mol. The van der Waals surface area contributed by atoms with E-state index in [2.05, 4.69) is 0 Å². The maximum absolute atomic E-state index is 11.8. The molecule has 19 heavy (non-hydrogen) atoms. The van der Waals surface area contributed by atoms with E-state index in [1.165, 1.54) is 5.56 Å². The smallest absolute Gasteiger partial charge is 0.222 e. The first-order valence-corrected chi connectivity index (χ1v) is 6.65. The highest BCUT2D eigenvalue weighted by molar-refractivity contribution is 5.75. The van der Waals surface area contributed by atoms with Gasteiger partial charge in [-0.3, -0.25) is 4.79 Å². The summed E-state index contributed by atoms with van der Waals surface area (Å²) in [5.41, 5.74) is 6.85. The maximum Gasteiger partial charge on any atom is 0.222 e. The quantitative estimate of drug-likeness (QED) is 0.817. The lowest BCUT2D eigenvalue weighted by molar-refractivity contribution is -0.130. The zero-order valence-corrected chi connectivity index (χ0v) is 12.1. The van der Waals surface area contributed by atoms with Crippen molar-refractivity contribution in [2.45, 2.75) is 32.2 Å². The van der Waals surface area contributed by atoms with Gasteiger partial charge in [0, 0.05) is 26.1 Å². The Hall–Kier alpha value is -1.55. The second kappa shape index (κ2) is 7.79. The van der Waals surface area contributed by atoms with E-state index in [1.807, 2.05) is 38.2 Å². The molecule has 0 saturated carbocycles. The molecule has 0 radical (unpaired) electrons. The average Bonchev–Trinajstić information content (AvgIpc) is 2.42. The van der Waals surface area contributed by atoms with E-state index in [4.69, 9.17) is 10.5 Å². The molecule has 0 bridgehead atoms. The summed E-state index contributed by atoms with van der Waals surface area (Å²) in [6.45, 7) is 2.65. The molecule has 1 rings (SSSR count). The van der Waals surface area contributed by atoms with Crippen molar-refractivity contribution in [3.05, 3.63) is 29.8 Å². The zero-order valence-electron chi connectivity index (χ0n) is 12.1. The number of nitrogens with zero attached hydrogens (tertiary/aromatic N) is 1. The first-order chi connectivity index (χ1) is 9.02. The summed E-state index contributed by atoms with van der Waals surface area (Å²) in [5.74, 6) is 1.01. The third kappa shape index (κ3) is 5.75. The van der Waals surface area contributed by atoms with Gasteiger partial charge < -0.3 is 15.4 Å². The van der Waals surface area contributed by atoms with Crippen LogP contribution in [0.1, 0.15) is 25.3 Å². The Labute approximate surface area is 115 Å². The van der Waals surface area contributed by atoms with E-state index in [0.717, 1.165) is 25.1 Å². The number of nitrogens with two attached hydrogens (primary N) is 1. The first-order valence-electron chi connectivity index (χ1n) is 6.65. The SMILES string of the molecule is COc1ccc(CCN(C)C(=O)CCC(C)N)cc1. The highest BCUT2D eigenvalue weighted by Crippen LogP contribution is 2.12. The van der Waals surface area contributed by atoms with E-state index in [9.17, 15) is 4.79 Å². The maximum atomic E-state index is 11.8. The van der Waals surface area contributed by atoms with Crippen LogP contribution in [0.2, 0.25) is 0 Å². The lowest BCUT2D eigenvalue weighted by atomic mass is 10.1. The van der Waals surface area contributed by atoms with Crippen molar-refractivity contribution in [1.82, 2.24) is 4.90 Å². The summed E-state index contributed by atoms with van der Waals surface area (Å²) in [5, 5.41) is 0. The minimum atomic E-state index is 0.0824. The molecule has 106 valence electrons. The van der Waals surface area contributed by atoms with Crippen molar-refractivity contribution in [3.63, 3.8) is 0 Å². The van der Waals surface area contributed by atoms with Crippen molar-refractivity contribution >= 4 is 5.91 Å². The number of hydrogen-bond acceptors (Lipinski definition) is 3. The highest BCUT2D eigenvalue weighted by Gasteiger charge is 2.09. The monoisotopic (exact) mass is 264 g/mol. The summed E-state index contributed by atoms with van der Waals surface area (Å²) in [4.78, 5) is 13.6. The van der Waals surface area contributed by atoms with Crippen LogP contribution in [0.4, 0.5) is 0 Å². The summed E-state index contributed by atoms with van der Waals surface area (Å²) in [7, 11) is 3.49. The third-order valence-corrected chi connectivity index (χ3v) is 3.13. The molecule has 0 aliphatic rings. The molecule has 4 nitrogen and oxygen atoms in total. The predicted octanol–water partition coefficient (Wildman–Crippen LogP) is 1.82. The Bertz CT molecular complexity index is 388. The lowest BCUT2D eigenvalue weighted by Gasteiger charge is -2.17. The summed E-state index contributed by atoms with van der Waals surface area (Å²) in [6, 6.07) is 8.01. The van der Waals surface area contributed by atoms with Gasteiger partial charge in [-0.15, -0.1) is 0 Å². The summed E-state index contributed by atoms with van der Waals surface area (Å²) >= 11 is 0. The second-order valence-electron chi connectivity index (χ2n) is 4.93. The molecule has 1 amide bonds. The molecule has 0 saturated heterocycles. The molecular formula is C15H24N2O2. The third-order valence-electron chi connectivity index (χ3n) is 3.13. The van der Waals surface area contributed by atoms with Crippen LogP contribution in [-0.4, -0.2) is 37.6 Å². The van der Waals surface area contributed by atoms with Crippen LogP contribution in [0, 0.1) is 0 Å². The number of amides is 1. The van der Waals surface area contributed by atoms with E-state index in [1.54, 1.807) is 12.0 Å². The molecule has 1 aromatic rings. The van der Waals surface area contributed by atoms with Gasteiger partial charge in [-0.1, -0.05) is 12.1 Å². The number of rotatable bonds is 7. The minimum absolute atomic E-state index is 0.0824. The second-order valence-corrected chi connectivity index (χ2v) is 4.93. The van der Waals surface area contributed by atoms with Crippen LogP contribution in [0.25, 0.3) is 0 Å². The highest BCUT2D eigenvalue weighted by atomic mass is 16.5. The predicted molar refractivity (Wildman–Crippen MR) is 77.2 cm³/mol.